The van der Waals surface area contributed by atoms with Gasteiger partial charge in [0, 0.05) is 12.1 Å². The number of nitro groups is 1. The summed E-state index contributed by atoms with van der Waals surface area (Å²) in [7, 11) is -2.86. The second-order valence-electron chi connectivity index (χ2n) is 6.81. The SMILES string of the molecule is CC/C(=N/Nc1ccc([N+](=O)[O-])cc1S(=O)(=O)Nc1ccccc1OC)c1ccc(O)cc1. The van der Waals surface area contributed by atoms with E-state index in [4.69, 9.17) is 4.74 Å². The van der Waals surface area contributed by atoms with Gasteiger partial charge < -0.3 is 9.84 Å². The van der Waals surface area contributed by atoms with Crippen LogP contribution in [0.2, 0.25) is 0 Å². The molecule has 0 amide bonds. The zero-order valence-corrected chi connectivity index (χ0v) is 18.7. The summed E-state index contributed by atoms with van der Waals surface area (Å²) in [5.41, 5.74) is 3.87. The maximum Gasteiger partial charge on any atom is 0.270 e. The van der Waals surface area contributed by atoms with E-state index < -0.39 is 14.9 Å². The number of ether oxygens (including phenoxy) is 1. The lowest BCUT2D eigenvalue weighted by Crippen LogP contribution is -2.16. The van der Waals surface area contributed by atoms with Crippen LogP contribution in [0.15, 0.2) is 76.7 Å². The highest BCUT2D eigenvalue weighted by molar-refractivity contribution is 7.93. The van der Waals surface area contributed by atoms with Crippen LogP contribution in [0.25, 0.3) is 0 Å². The van der Waals surface area contributed by atoms with Crippen molar-refractivity contribution >= 4 is 32.8 Å². The number of non-ortho nitro benzene ring substituents is 1. The number of nitrogens with one attached hydrogen (secondary N) is 2. The first-order valence-corrected chi connectivity index (χ1v) is 11.3. The predicted molar refractivity (Wildman–Crippen MR) is 125 cm³/mol. The van der Waals surface area contributed by atoms with Gasteiger partial charge in [-0.1, -0.05) is 19.1 Å². The summed E-state index contributed by atoms with van der Waals surface area (Å²) in [6.07, 6.45) is 0.506. The molecular formula is C22H22N4O6S. The molecule has 3 aromatic carbocycles. The fourth-order valence-electron chi connectivity index (χ4n) is 3.00. The number of benzene rings is 3. The molecule has 0 aliphatic heterocycles. The molecule has 0 fully saturated rings. The molecule has 0 atom stereocenters. The van der Waals surface area contributed by atoms with Crippen LogP contribution in [0.1, 0.15) is 18.9 Å². The van der Waals surface area contributed by atoms with Crippen molar-refractivity contribution < 1.29 is 23.2 Å². The highest BCUT2D eigenvalue weighted by Gasteiger charge is 2.24. The minimum Gasteiger partial charge on any atom is -0.508 e. The number of methoxy groups -OCH3 is 1. The van der Waals surface area contributed by atoms with Crippen molar-refractivity contribution in [3.8, 4) is 11.5 Å². The molecule has 3 N–H and O–H groups in total. The largest absolute Gasteiger partial charge is 0.508 e. The second kappa shape index (κ2) is 10.0. The Morgan fingerprint density at radius 1 is 1.09 bits per heavy atom. The van der Waals surface area contributed by atoms with Crippen molar-refractivity contribution in [3.05, 3.63) is 82.4 Å². The molecule has 0 spiro atoms. The monoisotopic (exact) mass is 470 g/mol. The third kappa shape index (κ3) is 5.57. The van der Waals surface area contributed by atoms with Crippen molar-refractivity contribution in [1.29, 1.82) is 0 Å². The number of anilines is 2. The van der Waals surface area contributed by atoms with Gasteiger partial charge in [0.15, 0.2) is 0 Å². The molecule has 0 saturated carbocycles. The summed E-state index contributed by atoms with van der Waals surface area (Å²) >= 11 is 0. The minimum absolute atomic E-state index is 0.0488. The number of phenolic OH excluding ortho intramolecular Hbond substituents is 1. The Bertz CT molecular complexity index is 1290. The Labute approximate surface area is 190 Å². The molecule has 0 bridgehead atoms. The fraction of sp³-hybridized carbons (Fsp3) is 0.136. The maximum atomic E-state index is 13.2. The molecule has 0 unspecified atom stereocenters. The summed E-state index contributed by atoms with van der Waals surface area (Å²) in [5, 5.41) is 25.1. The van der Waals surface area contributed by atoms with Crippen molar-refractivity contribution in [3.63, 3.8) is 0 Å². The first-order valence-electron chi connectivity index (χ1n) is 9.81. The standard InChI is InChI=1S/C22H22N4O6S/c1-3-18(15-8-11-17(27)12-9-15)23-24-20-13-10-16(26(28)29)14-22(20)33(30,31)25-19-6-4-5-7-21(19)32-2/h4-14,24-25,27H,3H2,1-2H3/b23-18-. The second-order valence-corrected chi connectivity index (χ2v) is 8.46. The molecular weight excluding hydrogens is 448 g/mol. The molecule has 0 radical (unpaired) electrons. The molecule has 0 aliphatic rings. The predicted octanol–water partition coefficient (Wildman–Crippen LogP) is 4.34. The topological polar surface area (TPSA) is 143 Å². The van der Waals surface area contributed by atoms with Gasteiger partial charge in [0.2, 0.25) is 0 Å². The number of para-hydroxylation sites is 2. The average Bonchev–Trinajstić information content (AvgIpc) is 2.80. The number of rotatable bonds is 9. The zero-order valence-electron chi connectivity index (χ0n) is 17.8. The third-order valence-corrected chi connectivity index (χ3v) is 6.07. The van der Waals surface area contributed by atoms with Crippen LogP contribution in [0.3, 0.4) is 0 Å². The zero-order chi connectivity index (χ0) is 24.0. The number of nitrogens with zero attached hydrogens (tertiary/aromatic N) is 2. The molecule has 3 rings (SSSR count). The van der Waals surface area contributed by atoms with E-state index in [1.165, 1.54) is 37.4 Å². The lowest BCUT2D eigenvalue weighted by Gasteiger charge is -2.14. The van der Waals surface area contributed by atoms with Crippen LogP contribution in [-0.4, -0.2) is 31.3 Å². The Kier molecular flexibility index (Phi) is 7.13. The lowest BCUT2D eigenvalue weighted by molar-refractivity contribution is -0.385. The number of phenols is 1. The molecule has 3 aromatic rings. The van der Waals surface area contributed by atoms with E-state index in [-0.39, 0.29) is 27.7 Å². The summed E-state index contributed by atoms with van der Waals surface area (Å²) in [6, 6.07) is 16.2. The first-order chi connectivity index (χ1) is 15.7. The quantitative estimate of drug-likeness (QED) is 0.240. The van der Waals surface area contributed by atoms with Gasteiger partial charge in [0.05, 0.1) is 29.1 Å². The smallest absolute Gasteiger partial charge is 0.270 e. The van der Waals surface area contributed by atoms with Crippen LogP contribution < -0.4 is 14.9 Å². The van der Waals surface area contributed by atoms with Gasteiger partial charge in [-0.25, -0.2) is 8.42 Å². The van der Waals surface area contributed by atoms with Gasteiger partial charge in [-0.05, 0) is 54.4 Å². The van der Waals surface area contributed by atoms with E-state index in [2.05, 4.69) is 15.2 Å². The van der Waals surface area contributed by atoms with E-state index in [0.29, 0.717) is 17.9 Å². The van der Waals surface area contributed by atoms with Gasteiger partial charge in [-0.3, -0.25) is 20.3 Å². The van der Waals surface area contributed by atoms with Crippen LogP contribution >= 0.6 is 0 Å². The molecule has 0 heterocycles. The summed E-state index contributed by atoms with van der Waals surface area (Å²) < 4.78 is 34.0. The molecule has 11 heteroatoms. The highest BCUT2D eigenvalue weighted by atomic mass is 32.2. The maximum absolute atomic E-state index is 13.2. The van der Waals surface area contributed by atoms with Gasteiger partial charge in [0.25, 0.3) is 15.7 Å². The van der Waals surface area contributed by atoms with Crippen molar-refractivity contribution in [1.82, 2.24) is 0 Å². The van der Waals surface area contributed by atoms with Crippen LogP contribution in [0.5, 0.6) is 11.5 Å². The summed E-state index contributed by atoms with van der Waals surface area (Å²) in [5.74, 6) is 0.396. The lowest BCUT2D eigenvalue weighted by atomic mass is 10.1. The van der Waals surface area contributed by atoms with Gasteiger partial charge in [-0.2, -0.15) is 5.10 Å². The Hall–Kier alpha value is -4.12. The first kappa shape index (κ1) is 23.5. The molecule has 10 nitrogen and oxygen atoms in total. The number of aromatic hydroxyl groups is 1. The normalized spacial score (nSPS) is 11.6. The average molecular weight is 471 g/mol. The molecule has 0 aliphatic carbocycles. The number of hydrazone groups is 1. The van der Waals surface area contributed by atoms with Gasteiger partial charge >= 0.3 is 0 Å². The number of hydrogen-bond donors (Lipinski definition) is 3. The molecule has 33 heavy (non-hydrogen) atoms. The minimum atomic E-state index is -4.26. The summed E-state index contributed by atoms with van der Waals surface area (Å²) in [6.45, 7) is 1.87. The van der Waals surface area contributed by atoms with Crippen molar-refractivity contribution in [2.45, 2.75) is 18.2 Å². The Morgan fingerprint density at radius 3 is 2.42 bits per heavy atom. The van der Waals surface area contributed by atoms with Gasteiger partial charge in [-0.15, -0.1) is 0 Å². The van der Waals surface area contributed by atoms with E-state index in [1.807, 2.05) is 6.92 Å². The van der Waals surface area contributed by atoms with Crippen LogP contribution in [0, 0.1) is 10.1 Å². The van der Waals surface area contributed by atoms with Crippen molar-refractivity contribution in [2.24, 2.45) is 5.10 Å². The number of hydrogen-bond acceptors (Lipinski definition) is 8. The molecule has 0 aromatic heterocycles. The third-order valence-electron chi connectivity index (χ3n) is 4.66. The highest BCUT2D eigenvalue weighted by Crippen LogP contribution is 2.31. The van der Waals surface area contributed by atoms with E-state index in [9.17, 15) is 23.6 Å². The summed E-state index contributed by atoms with van der Waals surface area (Å²) in [4.78, 5) is 10.2. The van der Waals surface area contributed by atoms with Crippen LogP contribution in [0.4, 0.5) is 17.1 Å². The van der Waals surface area contributed by atoms with E-state index >= 15 is 0 Å². The van der Waals surface area contributed by atoms with Crippen LogP contribution in [-0.2, 0) is 10.0 Å². The van der Waals surface area contributed by atoms with E-state index in [0.717, 1.165) is 11.6 Å². The van der Waals surface area contributed by atoms with E-state index in [1.54, 1.807) is 30.3 Å². The molecule has 0 saturated heterocycles. The number of sulfonamides is 1. The number of nitro benzene ring substituents is 1. The Morgan fingerprint density at radius 2 is 1.79 bits per heavy atom. The Balaban J connectivity index is 2.02. The van der Waals surface area contributed by atoms with Crippen molar-refractivity contribution in [2.75, 3.05) is 17.3 Å². The molecule has 172 valence electrons. The fourth-order valence-corrected chi connectivity index (χ4v) is 4.24. The van der Waals surface area contributed by atoms with Gasteiger partial charge in [0.1, 0.15) is 16.4 Å².